The van der Waals surface area contributed by atoms with Gasteiger partial charge in [-0.05, 0) is 55.8 Å². The molecule has 1 amide bonds. The summed E-state index contributed by atoms with van der Waals surface area (Å²) in [6.07, 6.45) is 0.842. The van der Waals surface area contributed by atoms with Gasteiger partial charge >= 0.3 is 0 Å². The van der Waals surface area contributed by atoms with Crippen LogP contribution in [0.25, 0.3) is 10.9 Å². The van der Waals surface area contributed by atoms with E-state index in [1.807, 2.05) is 35.9 Å². The first kappa shape index (κ1) is 23.9. The van der Waals surface area contributed by atoms with Crippen molar-refractivity contribution in [2.75, 3.05) is 37.7 Å². The predicted octanol–water partition coefficient (Wildman–Crippen LogP) is 3.20. The summed E-state index contributed by atoms with van der Waals surface area (Å²) in [5.74, 6) is 0.0656. The molecular weight excluding hydrogens is 487 g/mol. The lowest BCUT2D eigenvalue weighted by Gasteiger charge is -2.44. The number of carbonyl (C=O) groups excluding carboxylic acids is 1. The van der Waals surface area contributed by atoms with Crippen molar-refractivity contribution in [2.45, 2.75) is 31.5 Å². The Kier molecular flexibility index (Phi) is 6.60. The van der Waals surface area contributed by atoms with Crippen LogP contribution in [0.1, 0.15) is 30.6 Å². The SMILES string of the molecule is CC(c1ccc(Cl)cc1Cl)n1nc(C#N)c2ccc(N3CCN(C(=O)C4CCN4)C(CO)C3)cc21. The van der Waals surface area contributed by atoms with Crippen LogP contribution in [0.15, 0.2) is 36.4 Å². The number of halogens is 2. The summed E-state index contributed by atoms with van der Waals surface area (Å²) in [4.78, 5) is 16.7. The van der Waals surface area contributed by atoms with Crippen molar-refractivity contribution in [1.29, 1.82) is 5.26 Å². The zero-order chi connectivity index (χ0) is 24.7. The van der Waals surface area contributed by atoms with Crippen LogP contribution in [0.3, 0.4) is 0 Å². The van der Waals surface area contributed by atoms with E-state index < -0.39 is 0 Å². The van der Waals surface area contributed by atoms with Gasteiger partial charge in [0.25, 0.3) is 0 Å². The highest BCUT2D eigenvalue weighted by Crippen LogP contribution is 2.33. The van der Waals surface area contributed by atoms with Crippen LogP contribution in [0, 0.1) is 11.3 Å². The fourth-order valence-electron chi connectivity index (χ4n) is 4.91. The number of amides is 1. The van der Waals surface area contributed by atoms with Crippen molar-refractivity contribution < 1.29 is 9.90 Å². The number of anilines is 1. The molecule has 1 aromatic heterocycles. The Hall–Kier alpha value is -2.83. The molecule has 2 saturated heterocycles. The Morgan fingerprint density at radius 3 is 2.74 bits per heavy atom. The molecule has 0 saturated carbocycles. The normalized spacial score (nSPS) is 21.0. The Bertz CT molecular complexity index is 1320. The van der Waals surface area contributed by atoms with Crippen molar-refractivity contribution in [3.05, 3.63) is 57.7 Å². The third-order valence-corrected chi connectivity index (χ3v) is 7.60. The molecule has 8 nitrogen and oxygen atoms in total. The molecule has 2 fully saturated rings. The average molecular weight is 513 g/mol. The van der Waals surface area contributed by atoms with E-state index in [1.165, 1.54) is 0 Å². The Morgan fingerprint density at radius 2 is 2.09 bits per heavy atom. The lowest BCUT2D eigenvalue weighted by atomic mass is 10.0. The largest absolute Gasteiger partial charge is 0.394 e. The maximum absolute atomic E-state index is 12.8. The van der Waals surface area contributed by atoms with E-state index in [9.17, 15) is 15.2 Å². The van der Waals surface area contributed by atoms with Gasteiger partial charge in [-0.2, -0.15) is 10.4 Å². The van der Waals surface area contributed by atoms with Crippen molar-refractivity contribution >= 4 is 45.7 Å². The molecule has 3 unspecified atom stereocenters. The van der Waals surface area contributed by atoms with Gasteiger partial charge in [0.05, 0.1) is 30.2 Å². The zero-order valence-electron chi connectivity index (χ0n) is 19.3. The first-order chi connectivity index (χ1) is 16.9. The second-order valence-electron chi connectivity index (χ2n) is 9.06. The maximum Gasteiger partial charge on any atom is 0.240 e. The Labute approximate surface area is 213 Å². The molecule has 3 atom stereocenters. The number of nitrogens with zero attached hydrogens (tertiary/aromatic N) is 5. The minimum atomic E-state index is -0.277. The molecule has 2 aromatic carbocycles. The van der Waals surface area contributed by atoms with Gasteiger partial charge in [0, 0.05) is 40.8 Å². The van der Waals surface area contributed by atoms with Gasteiger partial charge in [-0.1, -0.05) is 29.3 Å². The van der Waals surface area contributed by atoms with E-state index in [1.54, 1.807) is 17.0 Å². The van der Waals surface area contributed by atoms with Crippen LogP contribution < -0.4 is 10.2 Å². The molecule has 5 rings (SSSR count). The standard InChI is InChI=1S/C25H26Cl2N6O2/c1-15(19-4-2-16(26)10-21(19)27)33-24-11-17(3-5-20(24)23(12-28)30-33)31-8-9-32(18(13-31)14-34)25(35)22-6-7-29-22/h2-5,10-11,15,18,22,29,34H,6-9,13-14H2,1H3. The number of benzene rings is 2. The van der Waals surface area contributed by atoms with Crippen molar-refractivity contribution in [1.82, 2.24) is 20.0 Å². The molecule has 10 heteroatoms. The van der Waals surface area contributed by atoms with Gasteiger partial charge in [-0.15, -0.1) is 0 Å². The zero-order valence-corrected chi connectivity index (χ0v) is 20.8. The molecule has 0 aliphatic carbocycles. The number of hydrogen-bond donors (Lipinski definition) is 2. The number of carbonyl (C=O) groups is 1. The number of rotatable bonds is 5. The fraction of sp³-hybridized carbons (Fsp3) is 0.400. The number of aliphatic hydroxyl groups excluding tert-OH is 1. The van der Waals surface area contributed by atoms with E-state index in [-0.39, 0.29) is 30.6 Å². The summed E-state index contributed by atoms with van der Waals surface area (Å²) in [6, 6.07) is 12.8. The molecular formula is C25H26Cl2N6O2. The predicted molar refractivity (Wildman–Crippen MR) is 136 cm³/mol. The van der Waals surface area contributed by atoms with Crippen LogP contribution in [0.2, 0.25) is 10.0 Å². The third-order valence-electron chi connectivity index (χ3n) is 7.04. The number of fused-ring (bicyclic) bond motifs is 1. The van der Waals surface area contributed by atoms with Gasteiger partial charge in [0.2, 0.25) is 5.91 Å². The second-order valence-corrected chi connectivity index (χ2v) is 9.90. The minimum absolute atomic E-state index is 0.0656. The van der Waals surface area contributed by atoms with Crippen LogP contribution in [0.4, 0.5) is 5.69 Å². The molecule has 35 heavy (non-hydrogen) atoms. The topological polar surface area (TPSA) is 97.4 Å². The second kappa shape index (κ2) is 9.67. The van der Waals surface area contributed by atoms with Gasteiger partial charge in [0.1, 0.15) is 6.07 Å². The summed E-state index contributed by atoms with van der Waals surface area (Å²) >= 11 is 12.5. The highest BCUT2D eigenvalue weighted by atomic mass is 35.5. The van der Waals surface area contributed by atoms with Crippen molar-refractivity contribution in [3.8, 4) is 6.07 Å². The lowest BCUT2D eigenvalue weighted by Crippen LogP contribution is -2.63. The smallest absolute Gasteiger partial charge is 0.240 e. The lowest BCUT2D eigenvalue weighted by molar-refractivity contribution is -0.139. The number of piperazine rings is 1. The first-order valence-corrected chi connectivity index (χ1v) is 12.4. The highest BCUT2D eigenvalue weighted by molar-refractivity contribution is 6.35. The van der Waals surface area contributed by atoms with Crippen LogP contribution in [-0.4, -0.2) is 70.6 Å². The molecule has 0 radical (unpaired) electrons. The van der Waals surface area contributed by atoms with Gasteiger partial charge < -0.3 is 20.2 Å². The van der Waals surface area contributed by atoms with Crippen molar-refractivity contribution in [3.63, 3.8) is 0 Å². The van der Waals surface area contributed by atoms with E-state index in [0.29, 0.717) is 35.4 Å². The molecule has 0 bridgehead atoms. The number of aliphatic hydroxyl groups is 1. The molecule has 3 heterocycles. The Morgan fingerprint density at radius 1 is 1.29 bits per heavy atom. The van der Waals surface area contributed by atoms with Gasteiger partial charge in [-0.25, -0.2) is 0 Å². The van der Waals surface area contributed by atoms with Crippen LogP contribution in [-0.2, 0) is 4.79 Å². The molecule has 2 aliphatic rings. The summed E-state index contributed by atoms with van der Waals surface area (Å²) < 4.78 is 1.82. The van der Waals surface area contributed by atoms with E-state index in [4.69, 9.17) is 23.2 Å². The van der Waals surface area contributed by atoms with E-state index in [0.717, 1.165) is 35.1 Å². The fourth-order valence-corrected chi connectivity index (χ4v) is 5.47. The minimum Gasteiger partial charge on any atom is -0.394 e. The summed E-state index contributed by atoms with van der Waals surface area (Å²) in [5, 5.41) is 29.3. The molecule has 2 aliphatic heterocycles. The number of nitriles is 1. The van der Waals surface area contributed by atoms with Crippen molar-refractivity contribution in [2.24, 2.45) is 0 Å². The van der Waals surface area contributed by atoms with Gasteiger partial charge in [0.15, 0.2) is 5.69 Å². The monoisotopic (exact) mass is 512 g/mol. The summed E-state index contributed by atoms with van der Waals surface area (Å²) in [5.41, 5.74) is 2.97. The first-order valence-electron chi connectivity index (χ1n) is 11.7. The number of hydrogen-bond acceptors (Lipinski definition) is 6. The number of aromatic nitrogens is 2. The van der Waals surface area contributed by atoms with Gasteiger partial charge in [-0.3, -0.25) is 9.48 Å². The van der Waals surface area contributed by atoms with E-state index >= 15 is 0 Å². The molecule has 3 aromatic rings. The molecule has 0 spiro atoms. The average Bonchev–Trinajstić information content (AvgIpc) is 3.20. The van der Waals surface area contributed by atoms with Crippen LogP contribution in [0.5, 0.6) is 0 Å². The van der Waals surface area contributed by atoms with Crippen LogP contribution >= 0.6 is 23.2 Å². The maximum atomic E-state index is 12.8. The summed E-state index contributed by atoms with van der Waals surface area (Å²) in [7, 11) is 0. The highest BCUT2D eigenvalue weighted by Gasteiger charge is 2.36. The molecule has 2 N–H and O–H groups in total. The quantitative estimate of drug-likeness (QED) is 0.544. The number of nitrogens with one attached hydrogen (secondary N) is 1. The Balaban J connectivity index is 1.46. The third kappa shape index (κ3) is 4.34. The van der Waals surface area contributed by atoms with E-state index in [2.05, 4.69) is 21.4 Å². The molecule has 182 valence electrons. The summed E-state index contributed by atoms with van der Waals surface area (Å²) in [6.45, 7) is 4.46.